The molecule has 0 bridgehead atoms. The molecule has 1 aromatic rings. The van der Waals surface area contributed by atoms with Gasteiger partial charge in [0, 0.05) is 17.1 Å². The number of hydrogen-bond acceptors (Lipinski definition) is 3. The van der Waals surface area contributed by atoms with Crippen molar-refractivity contribution in [1.82, 2.24) is 10.6 Å². The van der Waals surface area contributed by atoms with Crippen LogP contribution in [0, 0.1) is 5.92 Å². The average Bonchev–Trinajstić information content (AvgIpc) is 2.47. The van der Waals surface area contributed by atoms with Gasteiger partial charge >= 0.3 is 0 Å². The molecule has 0 spiro atoms. The van der Waals surface area contributed by atoms with Crippen molar-refractivity contribution in [2.24, 2.45) is 10.9 Å². The van der Waals surface area contributed by atoms with Crippen LogP contribution < -0.4 is 10.6 Å². The van der Waals surface area contributed by atoms with Gasteiger partial charge in [-0.15, -0.1) is 24.0 Å². The Hall–Kier alpha value is -0.350. The minimum absolute atomic E-state index is 0. The van der Waals surface area contributed by atoms with Gasteiger partial charge in [0.15, 0.2) is 15.8 Å². The molecule has 0 fully saturated rings. The molecule has 0 aromatic heterocycles. The third kappa shape index (κ3) is 8.15. The number of halogens is 2. The number of rotatable bonds is 7. The summed E-state index contributed by atoms with van der Waals surface area (Å²) < 4.78 is 25.4. The normalized spacial score (nSPS) is 13.3. The Kier molecular flexibility index (Phi) is 11.1. The minimum Gasteiger partial charge on any atom is -0.357 e. The van der Waals surface area contributed by atoms with Crippen molar-refractivity contribution in [3.63, 3.8) is 0 Å². The van der Waals surface area contributed by atoms with Crippen molar-refractivity contribution < 1.29 is 8.42 Å². The summed E-state index contributed by atoms with van der Waals surface area (Å²) in [6.45, 7) is 9.26. The number of nitrogens with zero attached hydrogens (tertiary/aromatic N) is 1. The molecule has 1 aromatic carbocycles. The van der Waals surface area contributed by atoms with Crippen molar-refractivity contribution in [3.05, 3.63) is 28.7 Å². The minimum atomic E-state index is -3.32. The van der Waals surface area contributed by atoms with Crippen molar-refractivity contribution in [1.29, 1.82) is 0 Å². The van der Waals surface area contributed by atoms with Crippen LogP contribution in [0.1, 0.15) is 27.7 Å². The van der Waals surface area contributed by atoms with E-state index in [-0.39, 0.29) is 42.3 Å². The fourth-order valence-electron chi connectivity index (χ4n) is 1.74. The summed E-state index contributed by atoms with van der Waals surface area (Å²) in [6.07, 6.45) is 0. The fourth-order valence-corrected chi connectivity index (χ4v) is 3.12. The van der Waals surface area contributed by atoms with Gasteiger partial charge < -0.3 is 10.6 Å². The Balaban J connectivity index is 0.00000529. The average molecular weight is 532 g/mol. The molecular formula is C16H27BrIN3O2S. The van der Waals surface area contributed by atoms with Crippen LogP contribution in [0.15, 0.2) is 38.6 Å². The lowest BCUT2D eigenvalue weighted by molar-refractivity contribution is 0.481. The van der Waals surface area contributed by atoms with Gasteiger partial charge in [0.05, 0.1) is 17.2 Å². The predicted molar refractivity (Wildman–Crippen MR) is 115 cm³/mol. The predicted octanol–water partition coefficient (Wildman–Crippen LogP) is 3.44. The van der Waals surface area contributed by atoms with Crippen LogP contribution in [0.2, 0.25) is 0 Å². The Morgan fingerprint density at radius 1 is 1.21 bits per heavy atom. The van der Waals surface area contributed by atoms with Crippen LogP contribution in [0.4, 0.5) is 0 Å². The Morgan fingerprint density at radius 3 is 2.29 bits per heavy atom. The second-order valence-electron chi connectivity index (χ2n) is 5.71. The Bertz CT molecular complexity index is 619. The van der Waals surface area contributed by atoms with Gasteiger partial charge in [-0.2, -0.15) is 0 Å². The van der Waals surface area contributed by atoms with Gasteiger partial charge in [-0.25, -0.2) is 8.42 Å². The maximum atomic E-state index is 12.3. The van der Waals surface area contributed by atoms with Crippen LogP contribution in [0.3, 0.4) is 0 Å². The molecule has 5 nitrogen and oxygen atoms in total. The van der Waals surface area contributed by atoms with Crippen LogP contribution >= 0.6 is 39.9 Å². The number of nitrogens with one attached hydrogen (secondary N) is 2. The first-order chi connectivity index (χ1) is 10.8. The standard InChI is InChI=1S/C16H26BrN3O2S.HI/c1-5-18-16(20-13(4)12(2)3)19-10-11-23(21,22)15-8-6-14(17)7-9-15;/h6-9,12-13H,5,10-11H2,1-4H3,(H2,18,19,20);1H. The van der Waals surface area contributed by atoms with Gasteiger partial charge in [-0.3, -0.25) is 4.99 Å². The molecule has 0 aliphatic carbocycles. The van der Waals surface area contributed by atoms with Gasteiger partial charge in [-0.05, 0) is 44.0 Å². The third-order valence-corrected chi connectivity index (χ3v) is 5.75. The molecule has 0 aliphatic rings. The Labute approximate surface area is 171 Å². The van der Waals surface area contributed by atoms with E-state index in [4.69, 9.17) is 0 Å². The first kappa shape index (κ1) is 23.6. The summed E-state index contributed by atoms with van der Waals surface area (Å²) in [5, 5.41) is 6.43. The zero-order chi connectivity index (χ0) is 17.5. The smallest absolute Gasteiger partial charge is 0.191 e. The molecule has 0 saturated carbocycles. The molecule has 8 heteroatoms. The molecular weight excluding hydrogens is 505 g/mol. The van der Waals surface area contributed by atoms with Gasteiger partial charge in [0.25, 0.3) is 0 Å². The van der Waals surface area contributed by atoms with Crippen molar-refractivity contribution in [2.45, 2.75) is 38.6 Å². The van der Waals surface area contributed by atoms with Crippen molar-refractivity contribution in [2.75, 3.05) is 18.8 Å². The highest BCUT2D eigenvalue weighted by molar-refractivity contribution is 14.0. The topological polar surface area (TPSA) is 70.6 Å². The lowest BCUT2D eigenvalue weighted by Crippen LogP contribution is -2.44. The van der Waals surface area contributed by atoms with Gasteiger partial charge in [-0.1, -0.05) is 29.8 Å². The van der Waals surface area contributed by atoms with E-state index >= 15 is 0 Å². The van der Waals surface area contributed by atoms with Gasteiger partial charge in [0.1, 0.15) is 0 Å². The molecule has 24 heavy (non-hydrogen) atoms. The van der Waals surface area contributed by atoms with E-state index in [0.717, 1.165) is 11.0 Å². The van der Waals surface area contributed by atoms with E-state index in [1.165, 1.54) is 0 Å². The molecule has 1 atom stereocenters. The monoisotopic (exact) mass is 531 g/mol. The first-order valence-corrected chi connectivity index (χ1v) is 10.2. The SMILES string of the molecule is CCNC(=NCCS(=O)(=O)c1ccc(Br)cc1)NC(C)C(C)C.I. The first-order valence-electron chi connectivity index (χ1n) is 7.79. The zero-order valence-corrected chi connectivity index (χ0v) is 19.3. The molecule has 0 amide bonds. The highest BCUT2D eigenvalue weighted by Crippen LogP contribution is 2.15. The summed E-state index contributed by atoms with van der Waals surface area (Å²) in [5.74, 6) is 1.10. The molecule has 2 N–H and O–H groups in total. The summed E-state index contributed by atoms with van der Waals surface area (Å²) in [7, 11) is -3.32. The summed E-state index contributed by atoms with van der Waals surface area (Å²) >= 11 is 3.30. The number of aliphatic imine (C=N–C) groups is 1. The summed E-state index contributed by atoms with van der Waals surface area (Å²) in [6, 6.07) is 6.93. The maximum absolute atomic E-state index is 12.3. The number of benzene rings is 1. The number of guanidine groups is 1. The molecule has 1 rings (SSSR count). The van der Waals surface area contributed by atoms with Crippen LogP contribution in [0.5, 0.6) is 0 Å². The fraction of sp³-hybridized carbons (Fsp3) is 0.562. The molecule has 0 heterocycles. The molecule has 138 valence electrons. The molecule has 0 radical (unpaired) electrons. The van der Waals surface area contributed by atoms with E-state index in [9.17, 15) is 8.42 Å². The number of sulfone groups is 1. The van der Waals surface area contributed by atoms with E-state index in [0.29, 0.717) is 16.8 Å². The van der Waals surface area contributed by atoms with Crippen molar-refractivity contribution >= 4 is 55.7 Å². The van der Waals surface area contributed by atoms with Crippen LogP contribution in [-0.4, -0.2) is 39.3 Å². The highest BCUT2D eigenvalue weighted by Gasteiger charge is 2.14. The zero-order valence-electron chi connectivity index (χ0n) is 14.5. The van der Waals surface area contributed by atoms with E-state index in [1.54, 1.807) is 24.3 Å². The van der Waals surface area contributed by atoms with E-state index in [1.807, 2.05) is 6.92 Å². The van der Waals surface area contributed by atoms with Crippen LogP contribution in [-0.2, 0) is 9.84 Å². The largest absolute Gasteiger partial charge is 0.357 e. The summed E-state index contributed by atoms with van der Waals surface area (Å²) in [5.41, 5.74) is 0. The highest BCUT2D eigenvalue weighted by atomic mass is 127. The Morgan fingerprint density at radius 2 is 1.79 bits per heavy atom. The number of hydrogen-bond donors (Lipinski definition) is 2. The lowest BCUT2D eigenvalue weighted by atomic mass is 10.1. The van der Waals surface area contributed by atoms with Crippen LogP contribution in [0.25, 0.3) is 0 Å². The molecule has 1 unspecified atom stereocenters. The van der Waals surface area contributed by atoms with E-state index < -0.39 is 9.84 Å². The summed E-state index contributed by atoms with van der Waals surface area (Å²) in [4.78, 5) is 4.69. The maximum Gasteiger partial charge on any atom is 0.191 e. The third-order valence-electron chi connectivity index (χ3n) is 3.51. The van der Waals surface area contributed by atoms with Crippen molar-refractivity contribution in [3.8, 4) is 0 Å². The molecule has 0 aliphatic heterocycles. The van der Waals surface area contributed by atoms with Gasteiger partial charge in [0.2, 0.25) is 0 Å². The lowest BCUT2D eigenvalue weighted by Gasteiger charge is -2.20. The second kappa shape index (κ2) is 11.3. The molecule has 0 saturated heterocycles. The van der Waals surface area contributed by atoms with E-state index in [2.05, 4.69) is 52.3 Å². The quantitative estimate of drug-likeness (QED) is 0.321. The second-order valence-corrected chi connectivity index (χ2v) is 8.74.